The Morgan fingerprint density at radius 1 is 1.32 bits per heavy atom. The van der Waals surface area contributed by atoms with Crippen molar-refractivity contribution in [2.24, 2.45) is 0 Å². The third-order valence-electron chi connectivity index (χ3n) is 3.85. The van der Waals surface area contributed by atoms with E-state index in [0.717, 1.165) is 0 Å². The van der Waals surface area contributed by atoms with Gasteiger partial charge in [0, 0.05) is 23.3 Å². The number of halogens is 2. The van der Waals surface area contributed by atoms with Crippen LogP contribution in [-0.2, 0) is 24.5 Å². The van der Waals surface area contributed by atoms with Gasteiger partial charge in [-0.2, -0.15) is 0 Å². The number of carbonyl (C=O) groups excluding carboxylic acids is 2. The van der Waals surface area contributed by atoms with E-state index in [0.29, 0.717) is 41.7 Å². The average Bonchev–Trinajstić information content (AvgIpc) is 2.52. The third-order valence-corrected chi connectivity index (χ3v) is 4.40. The van der Waals surface area contributed by atoms with Crippen LogP contribution in [0.1, 0.15) is 18.4 Å². The topological polar surface area (TPSA) is 64.6 Å². The van der Waals surface area contributed by atoms with Gasteiger partial charge in [0.25, 0.3) is 0 Å². The molecular formula is C15H17Cl2NO4. The highest BCUT2D eigenvalue weighted by Crippen LogP contribution is 2.39. The van der Waals surface area contributed by atoms with E-state index < -0.39 is 11.4 Å². The summed E-state index contributed by atoms with van der Waals surface area (Å²) in [6, 6.07) is 5.07. The molecule has 0 saturated carbocycles. The smallest absolute Gasteiger partial charge is 0.325 e. The molecule has 1 fully saturated rings. The molecule has 120 valence electrons. The van der Waals surface area contributed by atoms with Gasteiger partial charge >= 0.3 is 5.97 Å². The van der Waals surface area contributed by atoms with E-state index in [-0.39, 0.29) is 12.5 Å². The molecule has 22 heavy (non-hydrogen) atoms. The fraction of sp³-hybridized carbons (Fsp3) is 0.467. The van der Waals surface area contributed by atoms with Crippen LogP contribution in [-0.4, -0.2) is 38.7 Å². The summed E-state index contributed by atoms with van der Waals surface area (Å²) in [5, 5.41) is 3.56. The van der Waals surface area contributed by atoms with Gasteiger partial charge in [-0.3, -0.25) is 9.59 Å². The van der Waals surface area contributed by atoms with E-state index in [9.17, 15) is 9.59 Å². The molecule has 2 rings (SSSR count). The minimum Gasteiger partial charge on any atom is -0.468 e. The summed E-state index contributed by atoms with van der Waals surface area (Å²) in [4.78, 5) is 24.0. The first kappa shape index (κ1) is 17.1. The molecule has 7 heteroatoms. The predicted octanol–water partition coefficient (Wildman–Crippen LogP) is 2.33. The van der Waals surface area contributed by atoms with Gasteiger partial charge in [-0.25, -0.2) is 0 Å². The standard InChI is InChI=1S/C15H17Cl2NO4/c1-21-13(19)9-18-14(20)15(4-6-22-7-5-15)11-3-2-10(16)8-12(11)17/h2-3,8H,4-7,9H2,1H3,(H,18,20). The number of hydrogen-bond acceptors (Lipinski definition) is 4. The lowest BCUT2D eigenvalue weighted by Crippen LogP contribution is -2.49. The molecule has 1 N–H and O–H groups in total. The Balaban J connectivity index is 2.31. The first-order valence-corrected chi connectivity index (χ1v) is 7.63. The van der Waals surface area contributed by atoms with Crippen molar-refractivity contribution < 1.29 is 19.1 Å². The fourth-order valence-electron chi connectivity index (χ4n) is 2.61. The predicted molar refractivity (Wildman–Crippen MR) is 83.2 cm³/mol. The summed E-state index contributed by atoms with van der Waals surface area (Å²) in [6.07, 6.45) is 0.975. The Morgan fingerprint density at radius 3 is 2.59 bits per heavy atom. The summed E-state index contributed by atoms with van der Waals surface area (Å²) in [5.41, 5.74) is -0.127. The highest BCUT2D eigenvalue weighted by molar-refractivity contribution is 6.35. The van der Waals surface area contributed by atoms with Crippen molar-refractivity contribution in [3.8, 4) is 0 Å². The highest BCUT2D eigenvalue weighted by atomic mass is 35.5. The van der Waals surface area contributed by atoms with Crippen molar-refractivity contribution in [2.75, 3.05) is 26.9 Å². The summed E-state index contributed by atoms with van der Waals surface area (Å²) in [7, 11) is 1.27. The van der Waals surface area contributed by atoms with Gasteiger partial charge in [0.1, 0.15) is 6.54 Å². The molecule has 0 radical (unpaired) electrons. The molecule has 1 heterocycles. The minimum atomic E-state index is -0.825. The Morgan fingerprint density at radius 2 is 2.00 bits per heavy atom. The maximum absolute atomic E-state index is 12.7. The van der Waals surface area contributed by atoms with Crippen LogP contribution in [0.15, 0.2) is 18.2 Å². The largest absolute Gasteiger partial charge is 0.468 e. The van der Waals surface area contributed by atoms with Crippen LogP contribution in [0.4, 0.5) is 0 Å². The van der Waals surface area contributed by atoms with Crippen LogP contribution in [0.25, 0.3) is 0 Å². The van der Waals surface area contributed by atoms with Gasteiger partial charge in [-0.1, -0.05) is 29.3 Å². The molecule has 0 aromatic heterocycles. The summed E-state index contributed by atoms with van der Waals surface area (Å²) >= 11 is 12.2. The number of methoxy groups -OCH3 is 1. The van der Waals surface area contributed by atoms with Crippen LogP contribution in [0, 0.1) is 0 Å². The van der Waals surface area contributed by atoms with E-state index in [1.165, 1.54) is 7.11 Å². The SMILES string of the molecule is COC(=O)CNC(=O)C1(c2ccc(Cl)cc2Cl)CCOCC1. The lowest BCUT2D eigenvalue weighted by atomic mass is 9.73. The zero-order chi connectivity index (χ0) is 16.2. The molecule has 0 unspecified atom stereocenters. The normalized spacial score (nSPS) is 16.9. The monoisotopic (exact) mass is 345 g/mol. The van der Waals surface area contributed by atoms with Crippen LogP contribution in [0.5, 0.6) is 0 Å². The number of ether oxygens (including phenoxy) is 2. The molecule has 1 aromatic carbocycles. The van der Waals surface area contributed by atoms with E-state index >= 15 is 0 Å². The quantitative estimate of drug-likeness (QED) is 0.850. The Kier molecular flexibility index (Phi) is 5.67. The fourth-order valence-corrected chi connectivity index (χ4v) is 3.20. The summed E-state index contributed by atoms with van der Waals surface area (Å²) in [5.74, 6) is -0.761. The van der Waals surface area contributed by atoms with Crippen molar-refractivity contribution in [1.29, 1.82) is 0 Å². The zero-order valence-electron chi connectivity index (χ0n) is 12.2. The Hall–Kier alpha value is -1.30. The zero-order valence-corrected chi connectivity index (χ0v) is 13.7. The van der Waals surface area contributed by atoms with Crippen molar-refractivity contribution in [3.63, 3.8) is 0 Å². The summed E-state index contributed by atoms with van der Waals surface area (Å²) in [6.45, 7) is 0.721. The molecule has 0 atom stereocenters. The van der Waals surface area contributed by atoms with Crippen LogP contribution < -0.4 is 5.32 Å². The number of carbonyl (C=O) groups is 2. The van der Waals surface area contributed by atoms with Crippen molar-refractivity contribution in [2.45, 2.75) is 18.3 Å². The van der Waals surface area contributed by atoms with Gasteiger partial charge in [0.15, 0.2) is 0 Å². The Bertz CT molecular complexity index is 571. The molecule has 0 aliphatic carbocycles. The lowest BCUT2D eigenvalue weighted by Gasteiger charge is -2.36. The first-order chi connectivity index (χ1) is 10.5. The van der Waals surface area contributed by atoms with Crippen LogP contribution in [0.3, 0.4) is 0 Å². The number of benzene rings is 1. The highest BCUT2D eigenvalue weighted by Gasteiger charge is 2.43. The van der Waals surface area contributed by atoms with Crippen molar-refractivity contribution in [1.82, 2.24) is 5.32 Å². The molecule has 0 bridgehead atoms. The molecule has 1 aliphatic rings. The van der Waals surface area contributed by atoms with Gasteiger partial charge in [-0.15, -0.1) is 0 Å². The van der Waals surface area contributed by atoms with Crippen molar-refractivity contribution in [3.05, 3.63) is 33.8 Å². The van der Waals surface area contributed by atoms with Gasteiger partial charge in [0.2, 0.25) is 5.91 Å². The average molecular weight is 346 g/mol. The van der Waals surface area contributed by atoms with Crippen LogP contribution in [0.2, 0.25) is 10.0 Å². The maximum Gasteiger partial charge on any atom is 0.325 e. The van der Waals surface area contributed by atoms with Gasteiger partial charge in [0.05, 0.1) is 12.5 Å². The van der Waals surface area contributed by atoms with E-state index in [4.69, 9.17) is 27.9 Å². The second-order valence-electron chi connectivity index (χ2n) is 5.08. The van der Waals surface area contributed by atoms with E-state index in [1.807, 2.05) is 0 Å². The number of rotatable bonds is 4. The number of amides is 1. The van der Waals surface area contributed by atoms with E-state index in [1.54, 1.807) is 18.2 Å². The van der Waals surface area contributed by atoms with Gasteiger partial charge < -0.3 is 14.8 Å². The second-order valence-corrected chi connectivity index (χ2v) is 5.92. The number of hydrogen-bond donors (Lipinski definition) is 1. The minimum absolute atomic E-state index is 0.177. The summed E-state index contributed by atoms with van der Waals surface area (Å²) < 4.78 is 9.91. The lowest BCUT2D eigenvalue weighted by molar-refractivity contribution is -0.142. The number of esters is 1. The second kappa shape index (κ2) is 7.31. The molecule has 1 saturated heterocycles. The molecule has 1 aromatic rings. The molecule has 1 aliphatic heterocycles. The third kappa shape index (κ3) is 3.54. The van der Waals surface area contributed by atoms with Crippen molar-refractivity contribution >= 4 is 35.1 Å². The molecule has 0 spiro atoms. The number of nitrogens with one attached hydrogen (secondary N) is 1. The van der Waals surface area contributed by atoms with E-state index in [2.05, 4.69) is 10.1 Å². The molecule has 1 amide bonds. The van der Waals surface area contributed by atoms with Crippen LogP contribution >= 0.6 is 23.2 Å². The maximum atomic E-state index is 12.7. The first-order valence-electron chi connectivity index (χ1n) is 6.88. The molecular weight excluding hydrogens is 329 g/mol. The Labute approximate surface area is 138 Å². The molecule has 5 nitrogen and oxygen atoms in total. The van der Waals surface area contributed by atoms with Gasteiger partial charge in [-0.05, 0) is 30.5 Å².